The van der Waals surface area contributed by atoms with Crippen LogP contribution in [0.2, 0.25) is 0 Å². The summed E-state index contributed by atoms with van der Waals surface area (Å²) in [7, 11) is 0. The van der Waals surface area contributed by atoms with Crippen molar-refractivity contribution in [3.63, 3.8) is 0 Å². The smallest absolute Gasteiger partial charge is 0.335 e. The van der Waals surface area contributed by atoms with Crippen LogP contribution in [-0.4, -0.2) is 45.7 Å². The Kier molecular flexibility index (Phi) is 3.93. The Balaban J connectivity index is 1.82. The molecule has 0 spiro atoms. The Morgan fingerprint density at radius 3 is 2.52 bits per heavy atom. The minimum Gasteiger partial charge on any atom is -0.479 e. The molecule has 0 radical (unpaired) electrons. The molecule has 1 amide bonds. The molecule has 0 atom stereocenters. The Hall–Kier alpha value is -1.86. The number of piperidine rings is 1. The second-order valence-corrected chi connectivity index (χ2v) is 6.80. The highest BCUT2D eigenvalue weighted by Crippen LogP contribution is 2.29. The van der Waals surface area contributed by atoms with Crippen LogP contribution in [0.25, 0.3) is 11.0 Å². The van der Waals surface area contributed by atoms with Crippen LogP contribution in [0.4, 0.5) is 0 Å². The molecule has 0 bridgehead atoms. The van der Waals surface area contributed by atoms with Crippen molar-refractivity contribution in [2.75, 3.05) is 13.1 Å². The van der Waals surface area contributed by atoms with Crippen molar-refractivity contribution >= 4 is 38.8 Å². The molecule has 122 valence electrons. The molecule has 0 aliphatic carbocycles. The fraction of sp³-hybridized carbons (Fsp3) is 0.375. The van der Waals surface area contributed by atoms with Crippen LogP contribution in [0.1, 0.15) is 29.0 Å². The molecule has 1 fully saturated rings. The fourth-order valence-corrected chi connectivity index (χ4v) is 3.43. The number of amides is 1. The summed E-state index contributed by atoms with van der Waals surface area (Å²) in [5.74, 6) is -1.31. The molecule has 1 aliphatic heterocycles. The lowest BCUT2D eigenvalue weighted by Crippen LogP contribution is -2.50. The Morgan fingerprint density at radius 2 is 1.91 bits per heavy atom. The number of hydrogen-bond donors (Lipinski definition) is 2. The summed E-state index contributed by atoms with van der Waals surface area (Å²) in [6.07, 6.45) is 0.0256. The van der Waals surface area contributed by atoms with Gasteiger partial charge < -0.3 is 19.5 Å². The van der Waals surface area contributed by atoms with Gasteiger partial charge in [0.2, 0.25) is 0 Å². The average molecular weight is 382 g/mol. The fourth-order valence-electron chi connectivity index (χ4n) is 2.84. The highest BCUT2D eigenvalue weighted by atomic mass is 79.9. The first-order chi connectivity index (χ1) is 10.8. The third-order valence-corrected chi connectivity index (χ3v) is 4.71. The van der Waals surface area contributed by atoms with Crippen LogP contribution >= 0.6 is 15.9 Å². The van der Waals surface area contributed by atoms with Gasteiger partial charge in [0.1, 0.15) is 5.58 Å². The van der Waals surface area contributed by atoms with Gasteiger partial charge in [-0.25, -0.2) is 4.79 Å². The molecule has 7 heteroatoms. The lowest BCUT2D eigenvalue weighted by molar-refractivity contribution is -0.162. The largest absolute Gasteiger partial charge is 0.479 e. The van der Waals surface area contributed by atoms with E-state index in [1.54, 1.807) is 6.07 Å². The molecule has 0 saturated carbocycles. The van der Waals surface area contributed by atoms with Crippen LogP contribution in [0.15, 0.2) is 27.1 Å². The molecule has 6 nitrogen and oxygen atoms in total. The molecule has 23 heavy (non-hydrogen) atoms. The lowest BCUT2D eigenvalue weighted by atomic mass is 9.91. The third-order valence-electron chi connectivity index (χ3n) is 4.25. The van der Waals surface area contributed by atoms with Gasteiger partial charge in [-0.15, -0.1) is 0 Å². The minimum atomic E-state index is -1.74. The van der Waals surface area contributed by atoms with Crippen molar-refractivity contribution in [3.05, 3.63) is 34.0 Å². The maximum Gasteiger partial charge on any atom is 0.335 e. The minimum absolute atomic E-state index is 0.0128. The SMILES string of the molecule is Cc1cc(Br)cc2cc(C(=O)N3CCC(O)(C(=O)O)CC3)oc12. The number of rotatable bonds is 2. The van der Waals surface area contributed by atoms with E-state index in [1.165, 1.54) is 4.90 Å². The first-order valence-corrected chi connectivity index (χ1v) is 8.04. The molecule has 1 aromatic heterocycles. The standard InChI is InChI=1S/C16H16BrNO5/c1-9-6-11(17)7-10-8-12(23-13(9)10)14(19)18-4-2-16(22,3-5-18)15(20)21/h6-8,22H,2-5H2,1H3,(H,20,21). The summed E-state index contributed by atoms with van der Waals surface area (Å²) < 4.78 is 6.59. The molecule has 2 aromatic rings. The Morgan fingerprint density at radius 1 is 1.26 bits per heavy atom. The number of carboxylic acids is 1. The van der Waals surface area contributed by atoms with E-state index in [0.29, 0.717) is 5.58 Å². The molecule has 1 aliphatic rings. The van der Waals surface area contributed by atoms with E-state index >= 15 is 0 Å². The average Bonchev–Trinajstić information content (AvgIpc) is 2.91. The number of carbonyl (C=O) groups excluding carboxylic acids is 1. The Bertz CT molecular complexity index is 789. The summed E-state index contributed by atoms with van der Waals surface area (Å²) in [6.45, 7) is 2.27. The second-order valence-electron chi connectivity index (χ2n) is 5.88. The van der Waals surface area contributed by atoms with Crippen molar-refractivity contribution in [3.8, 4) is 0 Å². The van der Waals surface area contributed by atoms with E-state index in [-0.39, 0.29) is 37.6 Å². The predicted molar refractivity (Wildman–Crippen MR) is 86.4 cm³/mol. The number of likely N-dealkylation sites (tertiary alicyclic amines) is 1. The third kappa shape index (κ3) is 2.86. The molecular weight excluding hydrogens is 366 g/mol. The Labute approximate surface area is 140 Å². The zero-order chi connectivity index (χ0) is 16.8. The number of aliphatic carboxylic acids is 1. The maximum atomic E-state index is 12.5. The van der Waals surface area contributed by atoms with Crippen molar-refractivity contribution in [1.29, 1.82) is 0 Å². The van der Waals surface area contributed by atoms with E-state index in [1.807, 2.05) is 19.1 Å². The number of fused-ring (bicyclic) bond motifs is 1. The van der Waals surface area contributed by atoms with Crippen LogP contribution in [-0.2, 0) is 4.79 Å². The van der Waals surface area contributed by atoms with Crippen molar-refractivity contribution in [2.45, 2.75) is 25.4 Å². The number of furan rings is 1. The zero-order valence-electron chi connectivity index (χ0n) is 12.5. The van der Waals surface area contributed by atoms with Gasteiger partial charge in [0.25, 0.3) is 5.91 Å². The number of carbonyl (C=O) groups is 2. The topological polar surface area (TPSA) is 91.0 Å². The summed E-state index contributed by atoms with van der Waals surface area (Å²) in [5, 5.41) is 19.8. The molecule has 2 heterocycles. The number of benzene rings is 1. The molecule has 1 saturated heterocycles. The van der Waals surface area contributed by atoms with Crippen LogP contribution in [0.5, 0.6) is 0 Å². The number of halogens is 1. The van der Waals surface area contributed by atoms with E-state index in [4.69, 9.17) is 9.52 Å². The lowest BCUT2D eigenvalue weighted by Gasteiger charge is -2.34. The van der Waals surface area contributed by atoms with Gasteiger partial charge in [0, 0.05) is 35.8 Å². The van der Waals surface area contributed by atoms with Crippen LogP contribution in [0, 0.1) is 6.92 Å². The molecular formula is C16H16BrNO5. The predicted octanol–water partition coefficient (Wildman–Crippen LogP) is 2.56. The number of carboxylic acid groups (broad SMARTS) is 1. The molecule has 1 aromatic carbocycles. The number of aryl methyl sites for hydroxylation is 1. The van der Waals surface area contributed by atoms with Gasteiger partial charge in [0.05, 0.1) is 0 Å². The van der Waals surface area contributed by atoms with Gasteiger partial charge in [0.15, 0.2) is 11.4 Å². The number of nitrogens with zero attached hydrogens (tertiary/aromatic N) is 1. The number of aliphatic hydroxyl groups is 1. The monoisotopic (exact) mass is 381 g/mol. The highest BCUT2D eigenvalue weighted by Gasteiger charge is 2.40. The summed E-state index contributed by atoms with van der Waals surface area (Å²) in [6, 6.07) is 5.48. The van der Waals surface area contributed by atoms with Gasteiger partial charge in [-0.3, -0.25) is 4.79 Å². The van der Waals surface area contributed by atoms with Gasteiger partial charge in [-0.2, -0.15) is 0 Å². The summed E-state index contributed by atoms with van der Waals surface area (Å²) in [4.78, 5) is 25.1. The summed E-state index contributed by atoms with van der Waals surface area (Å²) >= 11 is 3.41. The van der Waals surface area contributed by atoms with E-state index < -0.39 is 11.6 Å². The quantitative estimate of drug-likeness (QED) is 0.833. The van der Waals surface area contributed by atoms with Crippen molar-refractivity contribution in [2.24, 2.45) is 0 Å². The van der Waals surface area contributed by atoms with Crippen LogP contribution in [0.3, 0.4) is 0 Å². The summed E-state index contributed by atoms with van der Waals surface area (Å²) in [5.41, 5.74) is -0.158. The van der Waals surface area contributed by atoms with Gasteiger partial charge >= 0.3 is 5.97 Å². The van der Waals surface area contributed by atoms with Crippen molar-refractivity contribution < 1.29 is 24.2 Å². The number of hydrogen-bond acceptors (Lipinski definition) is 4. The zero-order valence-corrected chi connectivity index (χ0v) is 14.1. The molecule has 2 N–H and O–H groups in total. The van der Waals surface area contributed by atoms with E-state index in [0.717, 1.165) is 15.4 Å². The van der Waals surface area contributed by atoms with Gasteiger partial charge in [-0.1, -0.05) is 15.9 Å². The molecule has 3 rings (SSSR count). The first-order valence-electron chi connectivity index (χ1n) is 7.25. The molecule has 0 unspecified atom stereocenters. The first kappa shape index (κ1) is 16.0. The maximum absolute atomic E-state index is 12.5. The van der Waals surface area contributed by atoms with Gasteiger partial charge in [-0.05, 0) is 30.7 Å². The van der Waals surface area contributed by atoms with E-state index in [2.05, 4.69) is 15.9 Å². The van der Waals surface area contributed by atoms with Crippen molar-refractivity contribution in [1.82, 2.24) is 4.90 Å². The van der Waals surface area contributed by atoms with Crippen LogP contribution < -0.4 is 0 Å². The second kappa shape index (κ2) is 5.65. The highest BCUT2D eigenvalue weighted by molar-refractivity contribution is 9.10. The normalized spacial score (nSPS) is 17.4. The van der Waals surface area contributed by atoms with E-state index in [9.17, 15) is 14.7 Å².